The average molecular weight is 336 g/mol. The van der Waals surface area contributed by atoms with Gasteiger partial charge in [0.25, 0.3) is 5.91 Å². The van der Waals surface area contributed by atoms with Gasteiger partial charge in [0, 0.05) is 31.9 Å². The summed E-state index contributed by atoms with van der Waals surface area (Å²) in [4.78, 5) is 33.7. The van der Waals surface area contributed by atoms with Crippen molar-refractivity contribution < 1.29 is 9.59 Å². The smallest absolute Gasteiger partial charge is 0.254 e. The second-order valence-electron chi connectivity index (χ2n) is 6.03. The molecule has 0 fully saturated rings. The molecule has 0 aliphatic heterocycles. The number of pyridine rings is 1. The van der Waals surface area contributed by atoms with E-state index in [-0.39, 0.29) is 18.2 Å². The lowest BCUT2D eigenvalue weighted by molar-refractivity contribution is -0.129. The van der Waals surface area contributed by atoms with Gasteiger partial charge in [0.2, 0.25) is 5.91 Å². The second-order valence-corrected chi connectivity index (χ2v) is 6.03. The Morgan fingerprint density at radius 2 is 1.92 bits per heavy atom. The van der Waals surface area contributed by atoms with Gasteiger partial charge in [-0.3, -0.25) is 9.59 Å². The van der Waals surface area contributed by atoms with Crippen LogP contribution in [0, 0.1) is 0 Å². The minimum absolute atomic E-state index is 0.0465. The SMILES string of the molecule is CN(C)C(=O)C[C@H](NC(=O)c1c[nH]c2ncccc12)c1ccccc1. The normalized spacial score (nSPS) is 11.9. The van der Waals surface area contributed by atoms with E-state index in [1.807, 2.05) is 36.4 Å². The summed E-state index contributed by atoms with van der Waals surface area (Å²) in [5, 5.41) is 3.73. The monoisotopic (exact) mass is 336 g/mol. The summed E-state index contributed by atoms with van der Waals surface area (Å²) in [6.07, 6.45) is 3.51. The van der Waals surface area contributed by atoms with Gasteiger partial charge in [0.05, 0.1) is 18.0 Å². The van der Waals surface area contributed by atoms with Gasteiger partial charge in [0.15, 0.2) is 0 Å². The lowest BCUT2D eigenvalue weighted by Crippen LogP contribution is -2.33. The van der Waals surface area contributed by atoms with Crippen LogP contribution < -0.4 is 5.32 Å². The Morgan fingerprint density at radius 3 is 2.64 bits per heavy atom. The molecular formula is C19H20N4O2. The van der Waals surface area contributed by atoms with Crippen LogP contribution in [-0.4, -0.2) is 40.8 Å². The van der Waals surface area contributed by atoms with Gasteiger partial charge in [-0.05, 0) is 17.7 Å². The third-order valence-electron chi connectivity index (χ3n) is 4.08. The number of benzene rings is 1. The maximum absolute atomic E-state index is 12.8. The maximum Gasteiger partial charge on any atom is 0.254 e. The lowest BCUT2D eigenvalue weighted by Gasteiger charge is -2.20. The Kier molecular flexibility index (Phi) is 4.79. The summed E-state index contributed by atoms with van der Waals surface area (Å²) in [6, 6.07) is 12.7. The van der Waals surface area contributed by atoms with Crippen LogP contribution in [-0.2, 0) is 4.79 Å². The molecule has 2 heterocycles. The summed E-state index contributed by atoms with van der Waals surface area (Å²) in [7, 11) is 3.41. The first-order chi connectivity index (χ1) is 12.1. The number of nitrogens with one attached hydrogen (secondary N) is 2. The van der Waals surface area contributed by atoms with Crippen molar-refractivity contribution in [3.05, 3.63) is 66.0 Å². The summed E-state index contributed by atoms with van der Waals surface area (Å²) in [5.74, 6) is -0.283. The van der Waals surface area contributed by atoms with E-state index in [0.29, 0.717) is 11.2 Å². The van der Waals surface area contributed by atoms with E-state index in [1.54, 1.807) is 32.6 Å². The molecule has 2 N–H and O–H groups in total. The second kappa shape index (κ2) is 7.17. The molecule has 3 aromatic rings. The molecule has 0 aliphatic rings. The molecular weight excluding hydrogens is 316 g/mol. The van der Waals surface area contributed by atoms with Crippen molar-refractivity contribution in [2.45, 2.75) is 12.5 Å². The zero-order valence-electron chi connectivity index (χ0n) is 14.2. The summed E-state index contributed by atoms with van der Waals surface area (Å²) >= 11 is 0. The van der Waals surface area contributed by atoms with Crippen molar-refractivity contribution in [3.8, 4) is 0 Å². The first kappa shape index (κ1) is 16.7. The van der Waals surface area contributed by atoms with E-state index in [1.165, 1.54) is 4.90 Å². The van der Waals surface area contributed by atoms with Crippen molar-refractivity contribution in [1.29, 1.82) is 0 Å². The van der Waals surface area contributed by atoms with Crippen LogP contribution in [0.3, 0.4) is 0 Å². The largest absolute Gasteiger partial charge is 0.349 e. The highest BCUT2D eigenvalue weighted by Crippen LogP contribution is 2.21. The lowest BCUT2D eigenvalue weighted by atomic mass is 10.0. The Hall–Kier alpha value is -3.15. The number of carbonyl (C=O) groups is 2. The van der Waals surface area contributed by atoms with Crippen molar-refractivity contribution in [3.63, 3.8) is 0 Å². The van der Waals surface area contributed by atoms with Crippen molar-refractivity contribution in [2.24, 2.45) is 0 Å². The predicted molar refractivity (Wildman–Crippen MR) is 96.1 cm³/mol. The molecule has 3 rings (SSSR count). The standard InChI is InChI=1S/C19H20N4O2/c1-23(2)17(24)11-16(13-7-4-3-5-8-13)22-19(25)15-12-21-18-14(15)9-6-10-20-18/h3-10,12,16H,11H2,1-2H3,(H,20,21)(H,22,25)/t16-/m0/s1. The number of H-pyrrole nitrogens is 1. The Morgan fingerprint density at radius 1 is 1.16 bits per heavy atom. The number of nitrogens with zero attached hydrogens (tertiary/aromatic N) is 2. The van der Waals surface area contributed by atoms with E-state index in [0.717, 1.165) is 10.9 Å². The van der Waals surface area contributed by atoms with E-state index in [2.05, 4.69) is 15.3 Å². The van der Waals surface area contributed by atoms with Crippen molar-refractivity contribution in [1.82, 2.24) is 20.2 Å². The van der Waals surface area contributed by atoms with E-state index >= 15 is 0 Å². The summed E-state index contributed by atoms with van der Waals surface area (Å²) in [6.45, 7) is 0. The van der Waals surface area contributed by atoms with Gasteiger partial charge < -0.3 is 15.2 Å². The molecule has 6 nitrogen and oxygen atoms in total. The molecule has 0 radical (unpaired) electrons. The number of fused-ring (bicyclic) bond motifs is 1. The molecule has 0 saturated heterocycles. The van der Waals surface area contributed by atoms with E-state index in [4.69, 9.17) is 0 Å². The van der Waals surface area contributed by atoms with Crippen LogP contribution in [0.15, 0.2) is 54.9 Å². The predicted octanol–water partition coefficient (Wildman–Crippen LogP) is 2.51. The molecule has 0 spiro atoms. The van der Waals surface area contributed by atoms with Crippen LogP contribution >= 0.6 is 0 Å². The highest BCUT2D eigenvalue weighted by Gasteiger charge is 2.21. The zero-order valence-corrected chi connectivity index (χ0v) is 14.2. The van der Waals surface area contributed by atoms with Gasteiger partial charge in [-0.15, -0.1) is 0 Å². The van der Waals surface area contributed by atoms with Crippen molar-refractivity contribution in [2.75, 3.05) is 14.1 Å². The van der Waals surface area contributed by atoms with Crippen LogP contribution in [0.5, 0.6) is 0 Å². The number of amides is 2. The molecule has 1 aromatic carbocycles. The van der Waals surface area contributed by atoms with Crippen LogP contribution in [0.2, 0.25) is 0 Å². The molecule has 0 unspecified atom stereocenters. The average Bonchev–Trinajstić information content (AvgIpc) is 3.06. The molecule has 25 heavy (non-hydrogen) atoms. The number of rotatable bonds is 5. The van der Waals surface area contributed by atoms with Crippen LogP contribution in [0.25, 0.3) is 11.0 Å². The fourth-order valence-corrected chi connectivity index (χ4v) is 2.67. The Bertz CT molecular complexity index is 887. The number of aromatic amines is 1. The van der Waals surface area contributed by atoms with Gasteiger partial charge >= 0.3 is 0 Å². The maximum atomic E-state index is 12.8. The summed E-state index contributed by atoms with van der Waals surface area (Å²) in [5.41, 5.74) is 2.07. The molecule has 0 aliphatic carbocycles. The Labute approximate surface area is 145 Å². The molecule has 2 amide bonds. The van der Waals surface area contributed by atoms with Gasteiger partial charge in [0.1, 0.15) is 5.65 Å². The first-order valence-corrected chi connectivity index (χ1v) is 8.04. The topological polar surface area (TPSA) is 78.1 Å². The number of aromatic nitrogens is 2. The number of hydrogen-bond donors (Lipinski definition) is 2. The highest BCUT2D eigenvalue weighted by atomic mass is 16.2. The van der Waals surface area contributed by atoms with Crippen molar-refractivity contribution >= 4 is 22.8 Å². The third kappa shape index (κ3) is 3.68. The minimum Gasteiger partial charge on any atom is -0.349 e. The molecule has 2 aromatic heterocycles. The molecule has 0 bridgehead atoms. The van der Waals surface area contributed by atoms with Gasteiger partial charge in [-0.1, -0.05) is 30.3 Å². The number of hydrogen-bond acceptors (Lipinski definition) is 3. The summed E-state index contributed by atoms with van der Waals surface area (Å²) < 4.78 is 0. The van der Waals surface area contributed by atoms with Gasteiger partial charge in [-0.2, -0.15) is 0 Å². The first-order valence-electron chi connectivity index (χ1n) is 8.04. The molecule has 0 saturated carbocycles. The molecule has 1 atom stereocenters. The Balaban J connectivity index is 1.86. The fourth-order valence-electron chi connectivity index (χ4n) is 2.67. The quantitative estimate of drug-likeness (QED) is 0.751. The minimum atomic E-state index is -0.398. The van der Waals surface area contributed by atoms with Crippen LogP contribution in [0.1, 0.15) is 28.4 Å². The molecule has 128 valence electrons. The van der Waals surface area contributed by atoms with E-state index in [9.17, 15) is 9.59 Å². The fraction of sp³-hybridized carbons (Fsp3) is 0.211. The third-order valence-corrected chi connectivity index (χ3v) is 4.08. The molecule has 6 heteroatoms. The highest BCUT2D eigenvalue weighted by molar-refractivity contribution is 6.06. The van der Waals surface area contributed by atoms with Crippen LogP contribution in [0.4, 0.5) is 0 Å². The number of carbonyl (C=O) groups excluding carboxylic acids is 2. The van der Waals surface area contributed by atoms with Gasteiger partial charge in [-0.25, -0.2) is 4.98 Å². The zero-order chi connectivity index (χ0) is 17.8. The van der Waals surface area contributed by atoms with E-state index < -0.39 is 6.04 Å².